The average molecular weight is 232 g/mol. The Labute approximate surface area is 98.1 Å². The predicted molar refractivity (Wildman–Crippen MR) is 60.8 cm³/mol. The summed E-state index contributed by atoms with van der Waals surface area (Å²) >= 11 is 0. The zero-order valence-corrected chi connectivity index (χ0v) is 9.18. The number of fused-ring (bicyclic) bond motifs is 1. The van der Waals surface area contributed by atoms with E-state index >= 15 is 0 Å². The van der Waals surface area contributed by atoms with Crippen LogP contribution >= 0.6 is 0 Å². The molecule has 17 heavy (non-hydrogen) atoms. The van der Waals surface area contributed by atoms with E-state index in [1.54, 1.807) is 6.26 Å². The van der Waals surface area contributed by atoms with Crippen molar-refractivity contribution >= 4 is 0 Å². The largest absolute Gasteiger partial charge is 0.486 e. The third-order valence-electron chi connectivity index (χ3n) is 2.68. The van der Waals surface area contributed by atoms with Gasteiger partial charge < -0.3 is 19.7 Å². The van der Waals surface area contributed by atoms with E-state index in [9.17, 15) is 0 Å². The molecule has 0 radical (unpaired) electrons. The molecule has 1 aliphatic rings. The zero-order valence-electron chi connectivity index (χ0n) is 9.18. The van der Waals surface area contributed by atoms with Gasteiger partial charge >= 0.3 is 0 Å². The fourth-order valence-corrected chi connectivity index (χ4v) is 1.83. The van der Waals surface area contributed by atoms with Gasteiger partial charge in [0.25, 0.3) is 0 Å². The first-order valence-corrected chi connectivity index (χ1v) is 5.42. The summed E-state index contributed by atoms with van der Waals surface area (Å²) < 4.78 is 15.9. The van der Waals surface area contributed by atoms with Gasteiger partial charge in [-0.15, -0.1) is 0 Å². The van der Waals surface area contributed by atoms with Crippen molar-refractivity contribution in [1.82, 2.24) is 5.16 Å². The molecule has 1 aromatic carbocycles. The Kier molecular flexibility index (Phi) is 2.45. The van der Waals surface area contributed by atoms with Gasteiger partial charge in [0.05, 0.1) is 0 Å². The maximum Gasteiger partial charge on any atom is 0.162 e. The van der Waals surface area contributed by atoms with E-state index in [-0.39, 0.29) is 0 Å². The van der Waals surface area contributed by atoms with E-state index in [1.807, 2.05) is 18.2 Å². The maximum atomic E-state index is 5.61. The molecule has 0 saturated heterocycles. The first-order valence-electron chi connectivity index (χ1n) is 5.42. The Morgan fingerprint density at radius 3 is 2.82 bits per heavy atom. The molecule has 0 saturated carbocycles. The van der Waals surface area contributed by atoms with Gasteiger partial charge in [0.1, 0.15) is 25.2 Å². The number of hydrogen-bond acceptors (Lipinski definition) is 5. The predicted octanol–water partition coefficient (Wildman–Crippen LogP) is 1.57. The first kappa shape index (κ1) is 10.2. The molecule has 2 aromatic rings. The summed E-state index contributed by atoms with van der Waals surface area (Å²) in [5.41, 5.74) is 8.16. The fourth-order valence-electron chi connectivity index (χ4n) is 1.83. The lowest BCUT2D eigenvalue weighted by Gasteiger charge is -2.18. The molecule has 5 heteroatoms. The quantitative estimate of drug-likeness (QED) is 0.851. The lowest BCUT2D eigenvalue weighted by Crippen LogP contribution is -2.15. The molecule has 3 rings (SSSR count). The minimum absolute atomic E-state index is 0.396. The van der Waals surface area contributed by atoms with E-state index in [0.717, 1.165) is 28.3 Å². The van der Waals surface area contributed by atoms with E-state index < -0.39 is 0 Å². The fraction of sp³-hybridized carbons (Fsp3) is 0.250. The highest BCUT2D eigenvalue weighted by atomic mass is 16.6. The molecule has 2 heterocycles. The Morgan fingerprint density at radius 1 is 1.18 bits per heavy atom. The van der Waals surface area contributed by atoms with E-state index in [1.165, 1.54) is 0 Å². The highest BCUT2D eigenvalue weighted by molar-refractivity contribution is 5.66. The Morgan fingerprint density at radius 2 is 2.00 bits per heavy atom. The molecule has 0 aliphatic carbocycles. The van der Waals surface area contributed by atoms with Gasteiger partial charge in [-0.25, -0.2) is 0 Å². The van der Waals surface area contributed by atoms with E-state index in [4.69, 9.17) is 19.7 Å². The lowest BCUT2D eigenvalue weighted by molar-refractivity contribution is 0.171. The molecule has 0 bridgehead atoms. The molecule has 0 amide bonds. The molecular weight excluding hydrogens is 220 g/mol. The Balaban J connectivity index is 2.04. The monoisotopic (exact) mass is 232 g/mol. The number of hydrogen-bond donors (Lipinski definition) is 1. The Hall–Kier alpha value is -2.01. The van der Waals surface area contributed by atoms with Crippen LogP contribution in [-0.2, 0) is 6.54 Å². The summed E-state index contributed by atoms with van der Waals surface area (Å²) in [4.78, 5) is 0. The minimum Gasteiger partial charge on any atom is -0.486 e. The van der Waals surface area contributed by atoms with Gasteiger partial charge in [0.15, 0.2) is 11.5 Å². The topological polar surface area (TPSA) is 70.5 Å². The summed E-state index contributed by atoms with van der Waals surface area (Å²) in [6.45, 7) is 1.55. The molecule has 0 unspecified atom stereocenters. The summed E-state index contributed by atoms with van der Waals surface area (Å²) in [5.74, 6) is 1.50. The molecule has 1 aromatic heterocycles. The van der Waals surface area contributed by atoms with E-state index in [2.05, 4.69) is 5.16 Å². The van der Waals surface area contributed by atoms with Crippen molar-refractivity contribution in [1.29, 1.82) is 0 Å². The van der Waals surface area contributed by atoms with Crippen LogP contribution in [0.3, 0.4) is 0 Å². The number of benzene rings is 1. The zero-order chi connectivity index (χ0) is 11.7. The van der Waals surface area contributed by atoms with Gasteiger partial charge in [0, 0.05) is 17.7 Å². The molecule has 1 aliphatic heterocycles. The molecule has 0 atom stereocenters. The van der Waals surface area contributed by atoms with Crippen molar-refractivity contribution in [3.63, 3.8) is 0 Å². The summed E-state index contributed by atoms with van der Waals surface area (Å²) in [6.07, 6.45) is 1.56. The van der Waals surface area contributed by atoms with Gasteiger partial charge in [0.2, 0.25) is 0 Å². The van der Waals surface area contributed by atoms with Crippen molar-refractivity contribution in [2.24, 2.45) is 5.73 Å². The van der Waals surface area contributed by atoms with Crippen molar-refractivity contribution in [3.8, 4) is 22.8 Å². The average Bonchev–Trinajstić information content (AvgIpc) is 2.86. The molecular formula is C12H12N2O3. The highest BCUT2D eigenvalue weighted by Crippen LogP contribution is 2.34. The van der Waals surface area contributed by atoms with Gasteiger partial charge in [-0.3, -0.25) is 0 Å². The maximum absolute atomic E-state index is 5.61. The summed E-state index contributed by atoms with van der Waals surface area (Å²) in [7, 11) is 0. The summed E-state index contributed by atoms with van der Waals surface area (Å²) in [5, 5.41) is 3.95. The standard InChI is InChI=1S/C12H12N2O3/c13-6-9-7-17-14-12(9)8-1-2-10-11(5-8)16-4-3-15-10/h1-2,5,7H,3-4,6,13H2. The number of aromatic nitrogens is 1. The SMILES string of the molecule is NCc1conc1-c1ccc2c(c1)OCCO2. The van der Waals surface area contributed by atoms with Crippen LogP contribution in [0.5, 0.6) is 11.5 Å². The van der Waals surface area contributed by atoms with Crippen LogP contribution in [0.15, 0.2) is 29.0 Å². The number of ether oxygens (including phenoxy) is 2. The van der Waals surface area contributed by atoms with Crippen molar-refractivity contribution < 1.29 is 14.0 Å². The second-order valence-electron chi connectivity index (χ2n) is 3.75. The first-order chi connectivity index (χ1) is 8.38. The molecule has 5 nitrogen and oxygen atoms in total. The molecule has 0 spiro atoms. The number of nitrogens with zero attached hydrogens (tertiary/aromatic N) is 1. The van der Waals surface area contributed by atoms with Crippen LogP contribution in [0.1, 0.15) is 5.56 Å². The van der Waals surface area contributed by atoms with Crippen LogP contribution in [0.2, 0.25) is 0 Å². The van der Waals surface area contributed by atoms with Crippen LogP contribution in [0.4, 0.5) is 0 Å². The number of rotatable bonds is 2. The third-order valence-corrected chi connectivity index (χ3v) is 2.68. The molecule has 2 N–H and O–H groups in total. The van der Waals surface area contributed by atoms with Crippen molar-refractivity contribution in [2.45, 2.75) is 6.54 Å². The van der Waals surface area contributed by atoms with Gasteiger partial charge in [-0.2, -0.15) is 0 Å². The third kappa shape index (κ3) is 1.74. The van der Waals surface area contributed by atoms with Crippen LogP contribution in [-0.4, -0.2) is 18.4 Å². The second-order valence-corrected chi connectivity index (χ2v) is 3.75. The second kappa shape index (κ2) is 4.10. The molecule has 88 valence electrons. The van der Waals surface area contributed by atoms with Crippen LogP contribution in [0, 0.1) is 0 Å². The minimum atomic E-state index is 0.396. The van der Waals surface area contributed by atoms with E-state index in [0.29, 0.717) is 19.8 Å². The van der Waals surface area contributed by atoms with Crippen LogP contribution in [0.25, 0.3) is 11.3 Å². The van der Waals surface area contributed by atoms with Crippen molar-refractivity contribution in [3.05, 3.63) is 30.0 Å². The summed E-state index contributed by atoms with van der Waals surface area (Å²) in [6, 6.07) is 5.69. The highest BCUT2D eigenvalue weighted by Gasteiger charge is 2.15. The lowest BCUT2D eigenvalue weighted by atomic mass is 10.1. The van der Waals surface area contributed by atoms with Crippen molar-refractivity contribution in [2.75, 3.05) is 13.2 Å². The Bertz CT molecular complexity index is 536. The van der Waals surface area contributed by atoms with Gasteiger partial charge in [-0.1, -0.05) is 5.16 Å². The normalized spacial score (nSPS) is 13.7. The smallest absolute Gasteiger partial charge is 0.162 e. The number of nitrogens with two attached hydrogens (primary N) is 1. The van der Waals surface area contributed by atoms with Crippen LogP contribution < -0.4 is 15.2 Å². The van der Waals surface area contributed by atoms with Gasteiger partial charge in [-0.05, 0) is 18.2 Å². The molecule has 0 fully saturated rings.